The molecule has 0 aromatic heterocycles. The van der Waals surface area contributed by atoms with E-state index in [1.807, 2.05) is 0 Å². The van der Waals surface area contributed by atoms with Gasteiger partial charge in [0.25, 0.3) is 6.21 Å². The lowest BCUT2D eigenvalue weighted by Gasteiger charge is -2.10. The lowest BCUT2D eigenvalue weighted by molar-refractivity contribution is 0.00467. The molecule has 2 nitrogen and oxygen atoms in total. The molecule has 88 valence electrons. The lowest BCUT2D eigenvalue weighted by atomic mass is 9.92. The zero-order valence-corrected chi connectivity index (χ0v) is 9.47. The van der Waals surface area contributed by atoms with Gasteiger partial charge in [-0.3, -0.25) is 0 Å². The number of nitrogens with zero attached hydrogens (tertiary/aromatic N) is 2. The van der Waals surface area contributed by atoms with Crippen molar-refractivity contribution in [2.24, 2.45) is 0 Å². The average molecular weight is 251 g/mol. The van der Waals surface area contributed by atoms with Crippen molar-refractivity contribution in [3.63, 3.8) is 0 Å². The lowest BCUT2D eigenvalue weighted by Crippen LogP contribution is -1.89. The summed E-state index contributed by atoms with van der Waals surface area (Å²) in [4.78, 5) is 2.89. The third-order valence-corrected chi connectivity index (χ3v) is 3.03. The van der Waals surface area contributed by atoms with Crippen molar-refractivity contribution in [2.45, 2.75) is 0 Å². The highest BCUT2D eigenvalue weighted by Gasteiger charge is 2.10. The predicted molar refractivity (Wildman–Crippen MR) is 78.9 cm³/mol. The van der Waals surface area contributed by atoms with Gasteiger partial charge in [-0.25, -0.2) is 0 Å². The Morgan fingerprint density at radius 3 is 2.21 bits per heavy atom. The highest BCUT2D eigenvalue weighted by molar-refractivity contribution is 6.25. The van der Waals surface area contributed by atoms with Crippen LogP contribution in [0.1, 0.15) is 17.9 Å². The van der Waals surface area contributed by atoms with Gasteiger partial charge in [-0.1, -0.05) is 48.3 Å². The summed E-state index contributed by atoms with van der Waals surface area (Å²) in [6.07, 6.45) is 0.869. The molecule has 0 radical (unpaired) electrons. The summed E-state index contributed by atoms with van der Waals surface area (Å²) < 4.78 is 74.2. The Hall–Kier alpha value is -2.70. The van der Waals surface area contributed by atoms with E-state index in [0.29, 0.717) is 0 Å². The number of benzene rings is 4. The molecule has 0 heterocycles. The first kappa shape index (κ1) is 4.76. The minimum Gasteiger partial charge on any atom is -0.361 e. The molecular weight excluding hydrogens is 232 g/mol. The molecule has 0 bridgehead atoms. The van der Waals surface area contributed by atoms with Gasteiger partial charge in [0, 0.05) is 0 Å². The maximum absolute atomic E-state index is 8.98. The van der Waals surface area contributed by atoms with E-state index in [2.05, 4.69) is 4.79 Å². The quantitative estimate of drug-likeness (QED) is 0.210. The molecule has 0 amide bonds. The van der Waals surface area contributed by atoms with Crippen molar-refractivity contribution < 1.29 is 17.1 Å². The Kier molecular flexibility index (Phi) is 0.914. The molecule has 4 aromatic carbocycles. The van der Waals surface area contributed by atoms with Crippen LogP contribution in [0.3, 0.4) is 0 Å². The molecule has 2 heteroatoms. The number of rotatable bonds is 1. The fourth-order valence-electron chi connectivity index (χ4n) is 2.24. The van der Waals surface area contributed by atoms with Crippen molar-refractivity contribution in [1.29, 1.82) is 0 Å². The molecule has 0 saturated heterocycles. The summed E-state index contributed by atoms with van der Waals surface area (Å²) in [6.45, 7) is 0. The Balaban J connectivity index is 2.62. The van der Waals surface area contributed by atoms with Crippen molar-refractivity contribution >= 4 is 38.5 Å². The summed E-state index contributed by atoms with van der Waals surface area (Å²) >= 11 is 0. The summed E-state index contributed by atoms with van der Waals surface area (Å²) in [7, 11) is 0. The van der Waals surface area contributed by atoms with E-state index in [1.54, 1.807) is 0 Å². The van der Waals surface area contributed by atoms with Crippen molar-refractivity contribution in [3.8, 4) is 0 Å². The SMILES string of the molecule is [2H]c1c([2H])c2c([2H])c([2H])c3c([2H])c([2H])c(C=[N+]=[N-])c4c([2H])c([2H])c(c1[2H])c2c34. The Morgan fingerprint density at radius 1 is 0.842 bits per heavy atom. The van der Waals surface area contributed by atoms with Crippen molar-refractivity contribution in [2.75, 3.05) is 0 Å². The molecule has 0 aliphatic heterocycles. The monoisotopic (exact) mass is 251 g/mol. The van der Waals surface area contributed by atoms with Crippen LogP contribution in [0.4, 0.5) is 0 Å². The van der Waals surface area contributed by atoms with Crippen LogP contribution in [0.15, 0.2) is 54.4 Å². The largest absolute Gasteiger partial charge is 0.361 e. The minimum atomic E-state index is -0.517. The van der Waals surface area contributed by atoms with E-state index in [4.69, 9.17) is 17.9 Å². The molecule has 0 aliphatic rings. The van der Waals surface area contributed by atoms with Crippen LogP contribution in [0.2, 0.25) is 0 Å². The molecule has 4 aromatic rings. The molecule has 0 saturated carbocycles. The average Bonchev–Trinajstić information content (AvgIpc) is 2.66. The summed E-state index contributed by atoms with van der Waals surface area (Å²) in [5, 5.41) is -0.208. The summed E-state index contributed by atoms with van der Waals surface area (Å²) in [6, 6.07) is -3.99. The van der Waals surface area contributed by atoms with E-state index in [-0.39, 0.29) is 37.9 Å². The third kappa shape index (κ3) is 1.32. The van der Waals surface area contributed by atoms with Gasteiger partial charge in [0.1, 0.15) is 0 Å². The van der Waals surface area contributed by atoms with Crippen LogP contribution >= 0.6 is 0 Å². The fraction of sp³-hybridized carbons (Fsp3) is 0. The van der Waals surface area contributed by atoms with Gasteiger partial charge in [0.05, 0.1) is 17.9 Å². The van der Waals surface area contributed by atoms with Gasteiger partial charge in [-0.05, 0) is 38.4 Å². The second kappa shape index (κ2) is 3.64. The van der Waals surface area contributed by atoms with Crippen LogP contribution in [-0.4, -0.2) is 11.0 Å². The Bertz CT molecular complexity index is 1380. The summed E-state index contributed by atoms with van der Waals surface area (Å²) in [5.74, 6) is 0. The molecular formula is C17H10N2. The second-order valence-electron chi connectivity index (χ2n) is 4.03. The first-order chi connectivity index (χ1) is 13.1. The van der Waals surface area contributed by atoms with E-state index in [9.17, 15) is 0 Å². The van der Waals surface area contributed by atoms with Crippen LogP contribution in [0.5, 0.6) is 0 Å². The normalized spacial score (nSPS) is 17.8. The molecule has 0 spiro atoms. The van der Waals surface area contributed by atoms with Crippen LogP contribution < -0.4 is 0 Å². The van der Waals surface area contributed by atoms with Gasteiger partial charge in [-0.15, -0.1) is 0 Å². The highest BCUT2D eigenvalue weighted by Crippen LogP contribution is 2.35. The summed E-state index contributed by atoms with van der Waals surface area (Å²) in [5.41, 5.74) is 8.88. The minimum absolute atomic E-state index is 0.0265. The predicted octanol–water partition coefficient (Wildman–Crippen LogP) is 4.23. The third-order valence-electron chi connectivity index (χ3n) is 3.03. The van der Waals surface area contributed by atoms with E-state index < -0.39 is 54.4 Å². The number of hydrogen-bond acceptors (Lipinski definition) is 0. The van der Waals surface area contributed by atoms with Gasteiger partial charge in [-0.2, -0.15) is 4.79 Å². The molecule has 0 atom stereocenters. The van der Waals surface area contributed by atoms with Crippen LogP contribution in [0.25, 0.3) is 37.8 Å². The van der Waals surface area contributed by atoms with Gasteiger partial charge >= 0.3 is 0 Å². The van der Waals surface area contributed by atoms with Gasteiger partial charge < -0.3 is 5.53 Å². The second-order valence-corrected chi connectivity index (χ2v) is 4.03. The highest BCUT2D eigenvalue weighted by atomic mass is 14.8. The molecule has 0 unspecified atom stereocenters. The smallest absolute Gasteiger partial charge is 0.288 e. The first-order valence-corrected chi connectivity index (χ1v) is 5.50. The number of hydrogen-bond donors (Lipinski definition) is 0. The van der Waals surface area contributed by atoms with Crippen LogP contribution in [0, 0.1) is 0 Å². The Morgan fingerprint density at radius 2 is 1.47 bits per heavy atom. The molecule has 0 aliphatic carbocycles. The maximum atomic E-state index is 8.98. The van der Waals surface area contributed by atoms with E-state index in [1.165, 1.54) is 0 Å². The molecule has 0 N–H and O–H groups in total. The van der Waals surface area contributed by atoms with Gasteiger partial charge in [0.15, 0.2) is 0 Å². The molecule has 19 heavy (non-hydrogen) atoms. The molecule has 4 rings (SSSR count). The molecule has 0 fully saturated rings. The van der Waals surface area contributed by atoms with E-state index in [0.717, 1.165) is 6.21 Å². The zero-order valence-electron chi connectivity index (χ0n) is 18.5. The van der Waals surface area contributed by atoms with Crippen molar-refractivity contribution in [1.82, 2.24) is 0 Å². The van der Waals surface area contributed by atoms with Gasteiger partial charge in [0.2, 0.25) is 0 Å². The maximum Gasteiger partial charge on any atom is 0.288 e. The zero-order chi connectivity index (χ0) is 20.7. The van der Waals surface area contributed by atoms with Crippen LogP contribution in [-0.2, 0) is 0 Å². The first-order valence-electron chi connectivity index (χ1n) is 10.00. The fourth-order valence-corrected chi connectivity index (χ4v) is 2.24. The van der Waals surface area contributed by atoms with Crippen molar-refractivity contribution in [3.05, 3.63) is 65.5 Å². The Labute approximate surface area is 122 Å². The van der Waals surface area contributed by atoms with E-state index >= 15 is 0 Å². The topological polar surface area (TPSA) is 36.4 Å². The standard InChI is InChI=1S/C17H10N2/c18-19-10-14-7-6-13-5-4-11-2-1-3-12-8-9-15(14)17(13)16(11)12/h1-10H/i1D,2D,3D,4D,5D,6D,7D,8D,9D.